The number of carbonyl (C=O) groups is 4. The van der Waals surface area contributed by atoms with E-state index in [9.17, 15) is 53.1 Å². The summed E-state index contributed by atoms with van der Waals surface area (Å²) in [6.45, 7) is 1.68. The van der Waals surface area contributed by atoms with Crippen molar-refractivity contribution < 1.29 is 72.4 Å². The number of benzene rings is 2. The summed E-state index contributed by atoms with van der Waals surface area (Å²) in [5.74, 6) is -10.6. The van der Waals surface area contributed by atoms with Gasteiger partial charge in [0.25, 0.3) is 5.91 Å². The average molecular weight is 705 g/mol. The van der Waals surface area contributed by atoms with Crippen molar-refractivity contribution in [1.82, 2.24) is 4.90 Å². The molecule has 17 nitrogen and oxygen atoms in total. The molecule has 3 aliphatic carbocycles. The van der Waals surface area contributed by atoms with Gasteiger partial charge < -0.3 is 46.0 Å². The number of ketones is 2. The number of amides is 1. The molecule has 256 valence electrons. The molecule has 0 aromatic heterocycles. The van der Waals surface area contributed by atoms with E-state index in [-0.39, 0.29) is 51.9 Å². The molecular weight excluding hydrogens is 671 g/mol. The van der Waals surface area contributed by atoms with E-state index in [4.69, 9.17) is 15.4 Å². The maximum atomic E-state index is 13.3. The SMILES string of the molecule is C[C@H]1c2cccc(O)c2C(=O)C2=C(O)[C@]3(O)C(=O)C(C(N)=O)=C(O)[C@@H](N(C)C)[C@@H]3[C@@H](O)[C@@H]21.O.O=C(O)c1ccccc1OS(=O)(=O)O.[NaH]. The molecular formula is C29H33N2NaO15S. The molecule has 19 heteroatoms. The number of aliphatic hydroxyl groups is 4. The van der Waals surface area contributed by atoms with Crippen LogP contribution in [0.1, 0.15) is 39.1 Å². The first kappa shape index (κ1) is 40.3. The number of phenols is 1. The van der Waals surface area contributed by atoms with Gasteiger partial charge in [0.1, 0.15) is 28.4 Å². The Hall–Kier alpha value is -3.85. The van der Waals surface area contributed by atoms with Crippen LogP contribution in [0.5, 0.6) is 11.5 Å². The number of phenolic OH excluding ortho intramolecular Hbond substituents is 1. The second-order valence-corrected chi connectivity index (χ2v) is 12.1. The van der Waals surface area contributed by atoms with Crippen LogP contribution in [0.4, 0.5) is 0 Å². The molecule has 2 aromatic rings. The summed E-state index contributed by atoms with van der Waals surface area (Å²) in [5, 5.41) is 63.6. The second-order valence-electron chi connectivity index (χ2n) is 11.1. The van der Waals surface area contributed by atoms with Gasteiger partial charge in [0.2, 0.25) is 5.78 Å². The molecule has 2 aromatic carbocycles. The summed E-state index contributed by atoms with van der Waals surface area (Å²) in [6.07, 6.45) is -1.59. The number of para-hydroxylation sites is 1. The predicted octanol–water partition coefficient (Wildman–Crippen LogP) is -1.25. The van der Waals surface area contributed by atoms with E-state index in [1.54, 1.807) is 19.1 Å². The fourth-order valence-corrected chi connectivity index (χ4v) is 6.78. The van der Waals surface area contributed by atoms with Crippen LogP contribution < -0.4 is 9.92 Å². The minimum atomic E-state index is -4.70. The van der Waals surface area contributed by atoms with Crippen molar-refractivity contribution in [2.45, 2.75) is 30.6 Å². The summed E-state index contributed by atoms with van der Waals surface area (Å²) in [6, 6.07) is 8.23. The Balaban J connectivity index is 0.000000425. The monoisotopic (exact) mass is 704 g/mol. The molecule has 3 aliphatic rings. The molecule has 0 aliphatic heterocycles. The van der Waals surface area contributed by atoms with Crippen molar-refractivity contribution in [2.24, 2.45) is 17.6 Å². The number of carboxylic acids is 1. The number of aromatic carboxylic acids is 1. The summed E-state index contributed by atoms with van der Waals surface area (Å²) >= 11 is 0. The fraction of sp³-hybridized carbons (Fsp3) is 0.310. The van der Waals surface area contributed by atoms with Crippen LogP contribution in [-0.2, 0) is 20.0 Å². The molecule has 0 heterocycles. The van der Waals surface area contributed by atoms with E-state index in [0.29, 0.717) is 5.56 Å². The van der Waals surface area contributed by atoms with Gasteiger partial charge in [-0.2, -0.15) is 8.42 Å². The molecule has 1 amide bonds. The number of aromatic hydroxyl groups is 1. The van der Waals surface area contributed by atoms with E-state index in [0.717, 1.165) is 12.1 Å². The van der Waals surface area contributed by atoms with Crippen LogP contribution in [0, 0.1) is 11.8 Å². The number of fused-ring (bicyclic) bond motifs is 3. The number of carboxylic acid groups (broad SMARTS) is 1. The topological polar surface area (TPSA) is 314 Å². The number of aliphatic hydroxyl groups excluding tert-OH is 3. The summed E-state index contributed by atoms with van der Waals surface area (Å²) in [4.78, 5) is 50.4. The first-order chi connectivity index (χ1) is 21.3. The first-order valence-electron chi connectivity index (χ1n) is 13.4. The van der Waals surface area contributed by atoms with Gasteiger partial charge in [0.05, 0.1) is 23.6 Å². The number of carbonyl (C=O) groups excluding carboxylic acids is 3. The van der Waals surface area contributed by atoms with Crippen LogP contribution in [0.2, 0.25) is 0 Å². The number of nitrogens with zero attached hydrogens (tertiary/aromatic N) is 1. The molecule has 48 heavy (non-hydrogen) atoms. The predicted molar refractivity (Wildman–Crippen MR) is 166 cm³/mol. The van der Waals surface area contributed by atoms with E-state index in [1.165, 1.54) is 37.2 Å². The van der Waals surface area contributed by atoms with Crippen molar-refractivity contribution in [3.05, 3.63) is 81.8 Å². The molecule has 0 radical (unpaired) electrons. The number of rotatable bonds is 5. The second kappa shape index (κ2) is 14.3. The number of hydrogen-bond donors (Lipinski definition) is 8. The van der Waals surface area contributed by atoms with Crippen LogP contribution in [-0.4, -0.2) is 139 Å². The molecule has 6 atom stereocenters. The summed E-state index contributed by atoms with van der Waals surface area (Å²) in [5.41, 5.74) is 1.02. The number of hydrogen-bond acceptors (Lipinski definition) is 13. The fourth-order valence-electron chi connectivity index (χ4n) is 6.41. The van der Waals surface area contributed by atoms with Crippen LogP contribution >= 0.6 is 0 Å². The summed E-state index contributed by atoms with van der Waals surface area (Å²) < 4.78 is 33.0. The van der Waals surface area contributed by atoms with Crippen molar-refractivity contribution in [2.75, 3.05) is 14.1 Å². The zero-order chi connectivity index (χ0) is 34.6. The Bertz CT molecular complexity index is 1840. The van der Waals surface area contributed by atoms with Gasteiger partial charge in [-0.3, -0.25) is 23.8 Å². The third kappa shape index (κ3) is 6.58. The Morgan fingerprint density at radius 1 is 1.02 bits per heavy atom. The van der Waals surface area contributed by atoms with Crippen LogP contribution in [0.3, 0.4) is 0 Å². The van der Waals surface area contributed by atoms with Gasteiger partial charge in [-0.25, -0.2) is 4.79 Å². The maximum absolute atomic E-state index is 13.3. The molecule has 0 bridgehead atoms. The van der Waals surface area contributed by atoms with Crippen LogP contribution in [0.15, 0.2) is 65.1 Å². The number of Topliss-reactive ketones (excluding diaryl/α,β-unsaturated/α-hetero) is 2. The van der Waals surface area contributed by atoms with E-state index in [2.05, 4.69) is 4.18 Å². The first-order valence-corrected chi connectivity index (χ1v) is 14.8. The third-order valence-electron chi connectivity index (χ3n) is 8.31. The zero-order valence-electron chi connectivity index (χ0n) is 24.8. The van der Waals surface area contributed by atoms with Gasteiger partial charge in [0, 0.05) is 11.5 Å². The van der Waals surface area contributed by atoms with E-state index < -0.39 is 97.8 Å². The summed E-state index contributed by atoms with van der Waals surface area (Å²) in [7, 11) is -1.72. The normalized spacial score (nSPS) is 26.1. The van der Waals surface area contributed by atoms with Gasteiger partial charge in [-0.1, -0.05) is 31.2 Å². The molecule has 11 N–H and O–H groups in total. The standard InChI is InChI=1S/C22H24N2O8.C7H6O6S.Na.H2O.H/c1-7-8-5-4-6-9(25)11(8)16(26)12-10(7)17(27)14-15(24(2)3)18(28)13(21(23)31)20(30)22(14,32)19(12)29;8-7(9)5-3-1-2-4-6(5)13-14(10,11)12;;;/h4-7,10,14-15,17,25,27-29,32H,1-3H3,(H2,23,31);1-4H,(H,8,9)(H,10,11,12);;1H2;/t7-,10+,14+,15-,17-,22-;;;;/m0..../s1. The van der Waals surface area contributed by atoms with E-state index >= 15 is 0 Å². The van der Waals surface area contributed by atoms with E-state index in [1.807, 2.05) is 0 Å². The van der Waals surface area contributed by atoms with Crippen LogP contribution in [0.25, 0.3) is 0 Å². The van der Waals surface area contributed by atoms with Gasteiger partial charge in [0.15, 0.2) is 17.1 Å². The van der Waals surface area contributed by atoms with Gasteiger partial charge in [-0.05, 0) is 43.8 Å². The molecule has 5 rings (SSSR count). The number of primary amides is 1. The number of likely N-dealkylation sites (N-methyl/N-ethyl adjacent to an activating group) is 1. The zero-order valence-corrected chi connectivity index (χ0v) is 25.7. The molecule has 0 saturated heterocycles. The quantitative estimate of drug-likeness (QED) is 0.102. The van der Waals surface area contributed by atoms with Crippen molar-refractivity contribution in [1.29, 1.82) is 0 Å². The van der Waals surface area contributed by atoms with Crippen molar-refractivity contribution >= 4 is 63.4 Å². The average Bonchev–Trinajstić information content (AvgIpc) is 2.94. The molecule has 0 saturated carbocycles. The Morgan fingerprint density at radius 3 is 2.12 bits per heavy atom. The number of nitrogens with two attached hydrogens (primary N) is 1. The molecule has 0 unspecified atom stereocenters. The van der Waals surface area contributed by atoms with Gasteiger partial charge >= 0.3 is 45.9 Å². The Labute approximate surface area is 295 Å². The Morgan fingerprint density at radius 2 is 1.60 bits per heavy atom. The minimum absolute atomic E-state index is 0. The van der Waals surface area contributed by atoms with Gasteiger partial charge in [-0.15, -0.1) is 0 Å². The molecule has 0 spiro atoms. The Kier molecular flexibility index (Phi) is 12.0. The van der Waals surface area contributed by atoms with Crippen molar-refractivity contribution in [3.8, 4) is 11.5 Å². The molecule has 0 fully saturated rings. The van der Waals surface area contributed by atoms with Crippen molar-refractivity contribution in [3.63, 3.8) is 0 Å². The third-order valence-corrected chi connectivity index (χ3v) is 8.70.